The van der Waals surface area contributed by atoms with Crippen LogP contribution in [0.4, 0.5) is 0 Å². The van der Waals surface area contributed by atoms with Crippen LogP contribution in [0.2, 0.25) is 0 Å². The topological polar surface area (TPSA) is 24.5 Å². The molecule has 0 aliphatic carbocycles. The van der Waals surface area contributed by atoms with Gasteiger partial charge in [0.05, 0.1) is 6.61 Å². The smallest absolute Gasteiger partial charge is 0.0589 e. The summed E-state index contributed by atoms with van der Waals surface area (Å²) in [6.45, 7) is 18.0. The molecule has 0 aromatic heterocycles. The zero-order valence-corrected chi connectivity index (χ0v) is 15.0. The van der Waals surface area contributed by atoms with E-state index in [1.54, 1.807) is 7.11 Å². The van der Waals surface area contributed by atoms with Crippen LogP contribution in [0.1, 0.15) is 60.8 Å². The standard InChI is InChI=1S/C17H38N2O/c1-8-11-18-15(4)17(5,6)14-19(12-13-20-7)16(9-2)10-3/h15-16,18H,8-14H2,1-7H3. The van der Waals surface area contributed by atoms with Gasteiger partial charge >= 0.3 is 0 Å². The molecule has 0 aromatic rings. The number of nitrogens with one attached hydrogen (secondary N) is 1. The van der Waals surface area contributed by atoms with E-state index in [1.807, 2.05) is 0 Å². The molecule has 0 bridgehead atoms. The van der Waals surface area contributed by atoms with E-state index in [-0.39, 0.29) is 5.41 Å². The lowest BCUT2D eigenvalue weighted by atomic mass is 9.84. The van der Waals surface area contributed by atoms with Crippen LogP contribution < -0.4 is 5.32 Å². The molecule has 0 amide bonds. The highest BCUT2D eigenvalue weighted by molar-refractivity contribution is 4.85. The molecule has 3 heteroatoms. The summed E-state index contributed by atoms with van der Waals surface area (Å²) < 4.78 is 5.29. The van der Waals surface area contributed by atoms with E-state index in [0.29, 0.717) is 12.1 Å². The number of nitrogens with zero attached hydrogens (tertiary/aromatic N) is 1. The van der Waals surface area contributed by atoms with Crippen LogP contribution in [0.5, 0.6) is 0 Å². The Bertz CT molecular complexity index is 227. The second kappa shape index (κ2) is 10.6. The van der Waals surface area contributed by atoms with E-state index in [2.05, 4.69) is 51.8 Å². The Morgan fingerprint density at radius 3 is 2.20 bits per heavy atom. The van der Waals surface area contributed by atoms with Gasteiger partial charge < -0.3 is 10.1 Å². The molecule has 0 spiro atoms. The van der Waals surface area contributed by atoms with Gasteiger partial charge in [-0.15, -0.1) is 0 Å². The van der Waals surface area contributed by atoms with Crippen molar-refractivity contribution in [1.29, 1.82) is 0 Å². The lowest BCUT2D eigenvalue weighted by Gasteiger charge is -2.40. The molecule has 0 rings (SSSR count). The van der Waals surface area contributed by atoms with Crippen LogP contribution in [0.3, 0.4) is 0 Å². The third-order valence-corrected chi connectivity index (χ3v) is 4.52. The zero-order valence-electron chi connectivity index (χ0n) is 15.0. The van der Waals surface area contributed by atoms with Crippen LogP contribution >= 0.6 is 0 Å². The van der Waals surface area contributed by atoms with Crippen molar-refractivity contribution in [1.82, 2.24) is 10.2 Å². The second-order valence-electron chi connectivity index (χ2n) is 6.60. The predicted octanol–water partition coefficient (Wildman–Crippen LogP) is 3.54. The molecule has 1 unspecified atom stereocenters. The Balaban J connectivity index is 4.66. The van der Waals surface area contributed by atoms with Crippen LogP contribution in [0, 0.1) is 5.41 Å². The SMILES string of the molecule is CCCNC(C)C(C)(C)CN(CCOC)C(CC)CC. The van der Waals surface area contributed by atoms with Crippen molar-refractivity contribution in [2.75, 3.05) is 33.4 Å². The Morgan fingerprint density at radius 1 is 1.15 bits per heavy atom. The van der Waals surface area contributed by atoms with Gasteiger partial charge in [-0.05, 0) is 38.1 Å². The molecule has 122 valence electrons. The van der Waals surface area contributed by atoms with Crippen LogP contribution in [-0.2, 0) is 4.74 Å². The average molecular weight is 287 g/mol. The number of methoxy groups -OCH3 is 1. The minimum Gasteiger partial charge on any atom is -0.383 e. The summed E-state index contributed by atoms with van der Waals surface area (Å²) in [5.41, 5.74) is 0.269. The fourth-order valence-electron chi connectivity index (χ4n) is 2.70. The van der Waals surface area contributed by atoms with Gasteiger partial charge in [0, 0.05) is 32.3 Å². The fraction of sp³-hybridized carbons (Fsp3) is 1.00. The molecule has 0 aliphatic rings. The zero-order chi connectivity index (χ0) is 15.6. The van der Waals surface area contributed by atoms with Crippen LogP contribution in [0.25, 0.3) is 0 Å². The molecule has 0 aromatic carbocycles. The molecule has 0 heterocycles. The maximum atomic E-state index is 5.29. The number of hydrogen-bond acceptors (Lipinski definition) is 3. The quantitative estimate of drug-likeness (QED) is 0.594. The molecule has 1 atom stereocenters. The van der Waals surface area contributed by atoms with E-state index in [9.17, 15) is 0 Å². The van der Waals surface area contributed by atoms with Crippen molar-refractivity contribution in [2.24, 2.45) is 5.41 Å². The maximum absolute atomic E-state index is 5.29. The second-order valence-corrected chi connectivity index (χ2v) is 6.60. The maximum Gasteiger partial charge on any atom is 0.0589 e. The molecule has 0 aliphatic heterocycles. The van der Waals surface area contributed by atoms with Gasteiger partial charge in [-0.2, -0.15) is 0 Å². The Labute approximate surface area is 127 Å². The number of hydrogen-bond donors (Lipinski definition) is 1. The lowest BCUT2D eigenvalue weighted by Crippen LogP contribution is -2.50. The summed E-state index contributed by atoms with van der Waals surface area (Å²) >= 11 is 0. The highest BCUT2D eigenvalue weighted by Crippen LogP contribution is 2.24. The third-order valence-electron chi connectivity index (χ3n) is 4.52. The van der Waals surface area contributed by atoms with Gasteiger partial charge in [0.2, 0.25) is 0 Å². The van der Waals surface area contributed by atoms with Gasteiger partial charge in [0.25, 0.3) is 0 Å². The van der Waals surface area contributed by atoms with Crippen molar-refractivity contribution < 1.29 is 4.74 Å². The van der Waals surface area contributed by atoms with Gasteiger partial charge in [-0.3, -0.25) is 4.90 Å². The molecule has 0 saturated heterocycles. The minimum absolute atomic E-state index is 0.269. The van der Waals surface area contributed by atoms with E-state index in [4.69, 9.17) is 4.74 Å². The summed E-state index contributed by atoms with van der Waals surface area (Å²) in [7, 11) is 1.79. The highest BCUT2D eigenvalue weighted by atomic mass is 16.5. The van der Waals surface area contributed by atoms with Crippen molar-refractivity contribution >= 4 is 0 Å². The van der Waals surface area contributed by atoms with Crippen molar-refractivity contribution in [3.05, 3.63) is 0 Å². The summed E-state index contributed by atoms with van der Waals surface area (Å²) in [4.78, 5) is 2.62. The van der Waals surface area contributed by atoms with E-state index >= 15 is 0 Å². The largest absolute Gasteiger partial charge is 0.383 e. The summed E-state index contributed by atoms with van der Waals surface area (Å²) in [6.07, 6.45) is 3.63. The number of ether oxygens (including phenoxy) is 1. The van der Waals surface area contributed by atoms with Crippen LogP contribution in [-0.4, -0.2) is 50.3 Å². The van der Waals surface area contributed by atoms with Gasteiger partial charge in [0.15, 0.2) is 0 Å². The van der Waals surface area contributed by atoms with Gasteiger partial charge in [-0.25, -0.2) is 0 Å². The lowest BCUT2D eigenvalue weighted by molar-refractivity contribution is 0.0694. The molecule has 0 fully saturated rings. The Hall–Kier alpha value is -0.120. The summed E-state index contributed by atoms with van der Waals surface area (Å²) in [6, 6.07) is 1.20. The first-order valence-corrected chi connectivity index (χ1v) is 8.39. The van der Waals surface area contributed by atoms with E-state index < -0.39 is 0 Å². The first-order chi connectivity index (χ1) is 9.42. The molecular formula is C17H38N2O. The predicted molar refractivity (Wildman–Crippen MR) is 89.4 cm³/mol. The molecule has 0 radical (unpaired) electrons. The van der Waals surface area contributed by atoms with E-state index in [1.165, 1.54) is 19.3 Å². The van der Waals surface area contributed by atoms with Gasteiger partial charge in [0.1, 0.15) is 0 Å². The summed E-state index contributed by atoms with van der Waals surface area (Å²) in [5, 5.41) is 3.65. The highest BCUT2D eigenvalue weighted by Gasteiger charge is 2.29. The molecular weight excluding hydrogens is 248 g/mol. The summed E-state index contributed by atoms with van der Waals surface area (Å²) in [5.74, 6) is 0. The molecule has 3 nitrogen and oxygen atoms in total. The van der Waals surface area contributed by atoms with Gasteiger partial charge in [-0.1, -0.05) is 34.6 Å². The third kappa shape index (κ3) is 7.05. The van der Waals surface area contributed by atoms with Crippen LogP contribution in [0.15, 0.2) is 0 Å². The molecule has 0 saturated carbocycles. The van der Waals surface area contributed by atoms with Crippen molar-refractivity contribution in [3.8, 4) is 0 Å². The average Bonchev–Trinajstić information content (AvgIpc) is 2.42. The fourth-order valence-corrected chi connectivity index (χ4v) is 2.70. The molecule has 1 N–H and O–H groups in total. The first kappa shape index (κ1) is 19.9. The molecule has 20 heavy (non-hydrogen) atoms. The van der Waals surface area contributed by atoms with E-state index in [0.717, 1.165) is 26.2 Å². The van der Waals surface area contributed by atoms with Crippen molar-refractivity contribution in [3.63, 3.8) is 0 Å². The first-order valence-electron chi connectivity index (χ1n) is 8.39. The monoisotopic (exact) mass is 286 g/mol. The Kier molecular flexibility index (Phi) is 10.5. The number of rotatable bonds is 12. The van der Waals surface area contributed by atoms with Crippen molar-refractivity contribution in [2.45, 2.75) is 72.9 Å². The Morgan fingerprint density at radius 2 is 1.75 bits per heavy atom. The normalized spacial score (nSPS) is 14.2. The minimum atomic E-state index is 0.269.